The van der Waals surface area contributed by atoms with Crippen LogP contribution in [0.5, 0.6) is 0 Å². The van der Waals surface area contributed by atoms with E-state index in [1.807, 2.05) is 13.2 Å². The van der Waals surface area contributed by atoms with Crippen LogP contribution in [-0.2, 0) is 11.8 Å². The number of aromatic nitrogens is 1. The molecule has 2 atom stereocenters. The van der Waals surface area contributed by atoms with Gasteiger partial charge in [0.15, 0.2) is 0 Å². The number of carbonyl (C=O) groups excluding carboxylic acids is 1. The van der Waals surface area contributed by atoms with Crippen LogP contribution in [0.25, 0.3) is 0 Å². The third kappa shape index (κ3) is 2.70. The summed E-state index contributed by atoms with van der Waals surface area (Å²) < 4.78 is 8.00. The summed E-state index contributed by atoms with van der Waals surface area (Å²) in [6, 6.07) is 1.83. The van der Waals surface area contributed by atoms with E-state index in [2.05, 4.69) is 26.6 Å². The summed E-state index contributed by atoms with van der Waals surface area (Å²) in [5, 5.41) is 6.18. The maximum Gasteiger partial charge on any atom is 0.268 e. The smallest absolute Gasteiger partial charge is 0.268 e. The van der Waals surface area contributed by atoms with Gasteiger partial charge in [-0.15, -0.1) is 0 Å². The van der Waals surface area contributed by atoms with Crippen LogP contribution >= 0.6 is 15.9 Å². The van der Waals surface area contributed by atoms with Gasteiger partial charge in [0.2, 0.25) is 0 Å². The van der Waals surface area contributed by atoms with Crippen LogP contribution in [0, 0.1) is 0 Å². The van der Waals surface area contributed by atoms with Crippen LogP contribution in [0.1, 0.15) is 10.5 Å². The van der Waals surface area contributed by atoms with E-state index >= 15 is 0 Å². The molecule has 1 aromatic heterocycles. The molecule has 1 unspecified atom stereocenters. The van der Waals surface area contributed by atoms with E-state index in [1.165, 1.54) is 0 Å². The van der Waals surface area contributed by atoms with Crippen molar-refractivity contribution in [3.8, 4) is 0 Å². The minimum absolute atomic E-state index is 0.0289. The Morgan fingerprint density at radius 2 is 2.41 bits per heavy atom. The predicted octanol–water partition coefficient (Wildman–Crippen LogP) is 0.504. The second kappa shape index (κ2) is 5.20. The van der Waals surface area contributed by atoms with E-state index in [4.69, 9.17) is 4.74 Å². The molecule has 94 valence electrons. The number of methoxy groups -OCH3 is 1. The molecule has 1 aliphatic rings. The highest BCUT2D eigenvalue weighted by Gasteiger charge is 2.28. The first-order valence-electron chi connectivity index (χ1n) is 5.48. The van der Waals surface area contributed by atoms with Gasteiger partial charge in [0.05, 0.1) is 12.1 Å². The third-order valence-electron chi connectivity index (χ3n) is 2.98. The number of nitrogens with one attached hydrogen (secondary N) is 2. The van der Waals surface area contributed by atoms with E-state index < -0.39 is 0 Å². The fourth-order valence-corrected chi connectivity index (χ4v) is 2.56. The van der Waals surface area contributed by atoms with Gasteiger partial charge in [0, 0.05) is 37.9 Å². The SMILES string of the molecule is CO[C@H]1CNCC1NC(=O)c1cc(Br)cn1C. The molecule has 0 radical (unpaired) electrons. The number of aryl methyl sites for hydroxylation is 1. The van der Waals surface area contributed by atoms with Gasteiger partial charge in [-0.05, 0) is 22.0 Å². The lowest BCUT2D eigenvalue weighted by molar-refractivity contribution is 0.0774. The van der Waals surface area contributed by atoms with Gasteiger partial charge in [-0.2, -0.15) is 0 Å². The number of nitrogens with zero attached hydrogens (tertiary/aromatic N) is 1. The maximum absolute atomic E-state index is 12.1. The summed E-state index contributed by atoms with van der Waals surface area (Å²) in [5.74, 6) is -0.0750. The van der Waals surface area contributed by atoms with E-state index in [9.17, 15) is 4.79 Å². The second-order valence-corrected chi connectivity index (χ2v) is 5.08. The Balaban J connectivity index is 2.04. The Kier molecular flexibility index (Phi) is 3.86. The largest absolute Gasteiger partial charge is 0.378 e. The van der Waals surface area contributed by atoms with Gasteiger partial charge in [-0.1, -0.05) is 0 Å². The number of halogens is 1. The van der Waals surface area contributed by atoms with Crippen molar-refractivity contribution in [3.05, 3.63) is 22.4 Å². The van der Waals surface area contributed by atoms with Crippen LogP contribution in [0.2, 0.25) is 0 Å². The molecule has 5 nitrogen and oxygen atoms in total. The molecule has 1 aromatic rings. The molecule has 1 fully saturated rings. The number of rotatable bonds is 3. The molecular weight excluding hydrogens is 286 g/mol. The summed E-state index contributed by atoms with van der Waals surface area (Å²) in [7, 11) is 3.51. The average Bonchev–Trinajstić information content (AvgIpc) is 2.84. The van der Waals surface area contributed by atoms with Crippen molar-refractivity contribution in [2.45, 2.75) is 12.1 Å². The van der Waals surface area contributed by atoms with Crippen molar-refractivity contribution >= 4 is 21.8 Å². The van der Waals surface area contributed by atoms with Crippen LogP contribution < -0.4 is 10.6 Å². The van der Waals surface area contributed by atoms with Crippen molar-refractivity contribution in [1.82, 2.24) is 15.2 Å². The molecule has 0 bridgehead atoms. The Morgan fingerprint density at radius 3 is 3.00 bits per heavy atom. The maximum atomic E-state index is 12.1. The monoisotopic (exact) mass is 301 g/mol. The molecule has 0 spiro atoms. The first-order valence-corrected chi connectivity index (χ1v) is 6.27. The Morgan fingerprint density at radius 1 is 1.65 bits per heavy atom. The highest BCUT2D eigenvalue weighted by molar-refractivity contribution is 9.10. The topological polar surface area (TPSA) is 55.3 Å². The summed E-state index contributed by atoms with van der Waals surface area (Å²) in [6.07, 6.45) is 1.90. The molecule has 17 heavy (non-hydrogen) atoms. The molecule has 2 heterocycles. The lowest BCUT2D eigenvalue weighted by Gasteiger charge is -2.18. The van der Waals surface area contributed by atoms with Crippen LogP contribution in [0.15, 0.2) is 16.7 Å². The molecular formula is C11H16BrN3O2. The van der Waals surface area contributed by atoms with Crippen molar-refractivity contribution < 1.29 is 9.53 Å². The molecule has 2 N–H and O–H groups in total. The Bertz CT molecular complexity index is 419. The van der Waals surface area contributed by atoms with Crippen molar-refractivity contribution in [2.75, 3.05) is 20.2 Å². The summed E-state index contributed by atoms with van der Waals surface area (Å²) in [4.78, 5) is 12.1. The first kappa shape index (κ1) is 12.6. The van der Waals surface area contributed by atoms with E-state index in [0.717, 1.165) is 17.6 Å². The molecule has 0 aromatic carbocycles. The average molecular weight is 302 g/mol. The highest BCUT2D eigenvalue weighted by Crippen LogP contribution is 2.14. The minimum atomic E-state index is -0.0750. The van der Waals surface area contributed by atoms with E-state index in [-0.39, 0.29) is 18.1 Å². The van der Waals surface area contributed by atoms with Gasteiger partial charge in [-0.3, -0.25) is 4.79 Å². The van der Waals surface area contributed by atoms with Crippen LogP contribution in [-0.4, -0.2) is 42.8 Å². The van der Waals surface area contributed by atoms with Gasteiger partial charge >= 0.3 is 0 Å². The fraction of sp³-hybridized carbons (Fsp3) is 0.545. The van der Waals surface area contributed by atoms with Crippen LogP contribution in [0.3, 0.4) is 0 Å². The van der Waals surface area contributed by atoms with E-state index in [0.29, 0.717) is 5.69 Å². The Labute approximate surface area is 109 Å². The van der Waals surface area contributed by atoms with E-state index in [1.54, 1.807) is 17.7 Å². The van der Waals surface area contributed by atoms with Crippen molar-refractivity contribution in [3.63, 3.8) is 0 Å². The quantitative estimate of drug-likeness (QED) is 0.855. The fourth-order valence-electron chi connectivity index (χ4n) is 2.04. The molecule has 2 rings (SSSR count). The number of amides is 1. The number of ether oxygens (including phenoxy) is 1. The molecule has 1 amide bonds. The zero-order chi connectivity index (χ0) is 12.4. The highest BCUT2D eigenvalue weighted by atomic mass is 79.9. The number of hydrogen-bond donors (Lipinski definition) is 2. The van der Waals surface area contributed by atoms with Gasteiger partial charge in [0.25, 0.3) is 5.91 Å². The third-order valence-corrected chi connectivity index (χ3v) is 3.42. The predicted molar refractivity (Wildman–Crippen MR) is 68.0 cm³/mol. The summed E-state index contributed by atoms with van der Waals surface area (Å²) in [5.41, 5.74) is 0.638. The lowest BCUT2D eigenvalue weighted by atomic mass is 10.2. The minimum Gasteiger partial charge on any atom is -0.378 e. The van der Waals surface area contributed by atoms with Crippen LogP contribution in [0.4, 0.5) is 0 Å². The number of carbonyl (C=O) groups is 1. The molecule has 1 saturated heterocycles. The Hall–Kier alpha value is -0.850. The molecule has 1 aliphatic heterocycles. The summed E-state index contributed by atoms with van der Waals surface area (Å²) in [6.45, 7) is 1.52. The molecule has 0 aliphatic carbocycles. The first-order chi connectivity index (χ1) is 8.11. The molecule has 0 saturated carbocycles. The van der Waals surface area contributed by atoms with Gasteiger partial charge < -0.3 is 19.9 Å². The molecule has 6 heteroatoms. The second-order valence-electron chi connectivity index (χ2n) is 4.17. The normalized spacial score (nSPS) is 23.9. The lowest BCUT2D eigenvalue weighted by Crippen LogP contribution is -2.44. The van der Waals surface area contributed by atoms with Gasteiger partial charge in [-0.25, -0.2) is 0 Å². The van der Waals surface area contributed by atoms with Crippen molar-refractivity contribution in [2.24, 2.45) is 7.05 Å². The van der Waals surface area contributed by atoms with Crippen molar-refractivity contribution in [1.29, 1.82) is 0 Å². The summed E-state index contributed by atoms with van der Waals surface area (Å²) >= 11 is 3.35. The number of hydrogen-bond acceptors (Lipinski definition) is 3. The van der Waals surface area contributed by atoms with Gasteiger partial charge in [0.1, 0.15) is 5.69 Å². The zero-order valence-electron chi connectivity index (χ0n) is 9.87. The standard InChI is InChI=1S/C11H16BrN3O2/c1-15-6-7(12)3-9(15)11(16)14-8-4-13-5-10(8)17-2/h3,6,8,10,13H,4-5H2,1-2H3,(H,14,16)/t8?,10-/m0/s1. The zero-order valence-corrected chi connectivity index (χ0v) is 11.5.